The molecule has 3 aromatic rings. The summed E-state index contributed by atoms with van der Waals surface area (Å²) < 4.78 is 40.3. The Hall–Kier alpha value is -3.46. The molecule has 2 N–H and O–H groups in total. The molecule has 2 aliphatic rings. The first-order chi connectivity index (χ1) is 15.8. The van der Waals surface area contributed by atoms with Gasteiger partial charge in [-0.15, -0.1) is 0 Å². The van der Waals surface area contributed by atoms with Crippen LogP contribution < -0.4 is 5.56 Å². The van der Waals surface area contributed by atoms with Gasteiger partial charge < -0.3 is 15.0 Å². The number of amides is 1. The van der Waals surface area contributed by atoms with Gasteiger partial charge in [0.05, 0.1) is 23.2 Å². The topological polar surface area (TPSA) is 86.3 Å². The minimum atomic E-state index is -1.75. The van der Waals surface area contributed by atoms with E-state index in [1.807, 2.05) is 0 Å². The number of H-pyrrole nitrogens is 1. The average molecular weight is 455 g/mol. The number of rotatable bonds is 4. The number of hydrogen-bond donors (Lipinski definition) is 2. The molecule has 1 amide bonds. The van der Waals surface area contributed by atoms with Gasteiger partial charge in [0, 0.05) is 19.0 Å². The molecule has 9 heteroatoms. The number of aliphatic hydroxyl groups is 1. The molecule has 1 atom stereocenters. The molecular weight excluding hydrogens is 435 g/mol. The predicted molar refractivity (Wildman–Crippen MR) is 112 cm³/mol. The van der Waals surface area contributed by atoms with Crippen LogP contribution >= 0.6 is 0 Å². The van der Waals surface area contributed by atoms with Gasteiger partial charge in [0.25, 0.3) is 11.5 Å². The molecule has 0 bridgehead atoms. The highest BCUT2D eigenvalue weighted by Crippen LogP contribution is 2.52. The van der Waals surface area contributed by atoms with Gasteiger partial charge in [-0.05, 0) is 48.2 Å². The lowest BCUT2D eigenvalue weighted by Gasteiger charge is -2.30. The minimum absolute atomic E-state index is 0.0742. The first-order valence-electron chi connectivity index (χ1n) is 10.6. The van der Waals surface area contributed by atoms with Crippen LogP contribution in [-0.2, 0) is 23.2 Å². The Balaban J connectivity index is 1.40. The van der Waals surface area contributed by atoms with Crippen molar-refractivity contribution in [2.45, 2.75) is 37.3 Å². The van der Waals surface area contributed by atoms with E-state index in [2.05, 4.69) is 9.97 Å². The lowest BCUT2D eigenvalue weighted by molar-refractivity contribution is -0.141. The number of aliphatic hydroxyl groups excluding tert-OH is 1. The van der Waals surface area contributed by atoms with Crippen molar-refractivity contribution in [2.75, 3.05) is 6.54 Å². The fourth-order valence-electron chi connectivity index (χ4n) is 4.44. The van der Waals surface area contributed by atoms with Gasteiger partial charge in [-0.2, -0.15) is 0 Å². The maximum Gasteiger partial charge on any atom is 0.256 e. The highest BCUT2D eigenvalue weighted by atomic mass is 19.1. The molecule has 1 aromatic heterocycles. The smallest absolute Gasteiger partial charge is 0.256 e. The van der Waals surface area contributed by atoms with Crippen molar-refractivity contribution in [3.05, 3.63) is 98.5 Å². The highest BCUT2D eigenvalue weighted by Gasteiger charge is 2.48. The molecule has 0 saturated heterocycles. The summed E-state index contributed by atoms with van der Waals surface area (Å²) in [7, 11) is 0. The van der Waals surface area contributed by atoms with Crippen LogP contribution in [-0.4, -0.2) is 32.4 Å². The second kappa shape index (κ2) is 7.84. The van der Waals surface area contributed by atoms with Crippen molar-refractivity contribution in [1.82, 2.24) is 14.9 Å². The number of benzene rings is 2. The highest BCUT2D eigenvalue weighted by molar-refractivity contribution is 5.82. The Labute approximate surface area is 186 Å². The van der Waals surface area contributed by atoms with Crippen LogP contribution in [0.1, 0.15) is 47.2 Å². The molecule has 2 aromatic carbocycles. The Bertz CT molecular complexity index is 1280. The average Bonchev–Trinajstić information content (AvgIpc) is 3.60. The molecule has 1 saturated carbocycles. The summed E-state index contributed by atoms with van der Waals surface area (Å²) in [4.78, 5) is 34.4. The SMILES string of the molecule is O=C(C(O)c1cc(F)cc(F)c1)N1CCc2nc(C3(c4ccc(F)cc4)CC3)[nH]c(=O)c2C1. The van der Waals surface area contributed by atoms with Crippen molar-refractivity contribution >= 4 is 5.91 Å². The van der Waals surface area contributed by atoms with Crippen molar-refractivity contribution in [1.29, 1.82) is 0 Å². The zero-order valence-electron chi connectivity index (χ0n) is 17.4. The van der Waals surface area contributed by atoms with Crippen molar-refractivity contribution in [3.8, 4) is 0 Å². The van der Waals surface area contributed by atoms with Crippen molar-refractivity contribution < 1.29 is 23.1 Å². The Morgan fingerprint density at radius 3 is 2.36 bits per heavy atom. The van der Waals surface area contributed by atoms with E-state index in [0.717, 1.165) is 30.5 Å². The molecule has 0 spiro atoms. The predicted octanol–water partition coefficient (Wildman–Crippen LogP) is 2.89. The molecule has 1 fully saturated rings. The van der Waals surface area contributed by atoms with Crippen LogP contribution in [0, 0.1) is 17.5 Å². The van der Waals surface area contributed by atoms with E-state index in [9.17, 15) is 27.9 Å². The van der Waals surface area contributed by atoms with Crippen LogP contribution in [0.5, 0.6) is 0 Å². The maximum atomic E-state index is 13.5. The van der Waals surface area contributed by atoms with Crippen LogP contribution in [0.2, 0.25) is 0 Å². The van der Waals surface area contributed by atoms with Gasteiger partial charge >= 0.3 is 0 Å². The van der Waals surface area contributed by atoms with E-state index in [0.29, 0.717) is 29.6 Å². The molecule has 170 valence electrons. The third-order valence-corrected chi connectivity index (χ3v) is 6.41. The van der Waals surface area contributed by atoms with E-state index in [-0.39, 0.29) is 30.0 Å². The molecule has 1 aliphatic heterocycles. The Morgan fingerprint density at radius 1 is 1.06 bits per heavy atom. The molecule has 33 heavy (non-hydrogen) atoms. The Morgan fingerprint density at radius 2 is 1.73 bits per heavy atom. The summed E-state index contributed by atoms with van der Waals surface area (Å²) in [6.45, 7) is 0.120. The lowest BCUT2D eigenvalue weighted by Crippen LogP contribution is -2.42. The van der Waals surface area contributed by atoms with E-state index in [1.54, 1.807) is 12.1 Å². The first kappa shape index (κ1) is 21.4. The van der Waals surface area contributed by atoms with Crippen LogP contribution in [0.4, 0.5) is 13.2 Å². The zero-order chi connectivity index (χ0) is 23.3. The molecule has 0 radical (unpaired) electrons. The molecular formula is C24H20F3N3O3. The largest absolute Gasteiger partial charge is 0.378 e. The van der Waals surface area contributed by atoms with Gasteiger partial charge in [0.2, 0.25) is 0 Å². The van der Waals surface area contributed by atoms with Gasteiger partial charge in [0.1, 0.15) is 23.3 Å². The third kappa shape index (κ3) is 3.82. The number of aromatic nitrogens is 2. The molecule has 2 heterocycles. The van der Waals surface area contributed by atoms with Crippen LogP contribution in [0.15, 0.2) is 47.3 Å². The standard InChI is InChI=1S/C24H20F3N3O3/c25-15-3-1-14(2-4-15)24(6-7-24)23-28-19-5-8-30(12-18(19)21(32)29-23)22(33)20(31)13-9-16(26)11-17(27)10-13/h1-4,9-11,20,31H,5-8,12H2,(H,28,29,32). The van der Waals surface area contributed by atoms with Gasteiger partial charge in [-0.1, -0.05) is 12.1 Å². The normalized spacial score (nSPS) is 17.4. The van der Waals surface area contributed by atoms with E-state index in [4.69, 9.17) is 0 Å². The first-order valence-corrected chi connectivity index (χ1v) is 10.6. The minimum Gasteiger partial charge on any atom is -0.378 e. The second-order valence-electron chi connectivity index (χ2n) is 8.54. The summed E-state index contributed by atoms with van der Waals surface area (Å²) in [6.07, 6.45) is 0.0982. The van der Waals surface area contributed by atoms with Gasteiger partial charge in [-0.3, -0.25) is 9.59 Å². The Kier molecular flexibility index (Phi) is 5.08. The molecule has 1 aliphatic carbocycles. The number of fused-ring (bicyclic) bond motifs is 1. The molecule has 5 rings (SSSR count). The zero-order valence-corrected chi connectivity index (χ0v) is 17.4. The number of carbonyl (C=O) groups excluding carboxylic acids is 1. The summed E-state index contributed by atoms with van der Waals surface area (Å²) >= 11 is 0. The van der Waals surface area contributed by atoms with Crippen LogP contribution in [0.3, 0.4) is 0 Å². The number of nitrogens with one attached hydrogen (secondary N) is 1. The van der Waals surface area contributed by atoms with Crippen molar-refractivity contribution in [2.24, 2.45) is 0 Å². The maximum absolute atomic E-state index is 13.5. The lowest BCUT2D eigenvalue weighted by atomic mass is 9.94. The number of aromatic amines is 1. The number of halogens is 3. The number of nitrogens with zero attached hydrogens (tertiary/aromatic N) is 2. The summed E-state index contributed by atoms with van der Waals surface area (Å²) in [6, 6.07) is 8.59. The van der Waals surface area contributed by atoms with Gasteiger partial charge in [0.15, 0.2) is 6.10 Å². The second-order valence-corrected chi connectivity index (χ2v) is 8.54. The van der Waals surface area contributed by atoms with E-state index < -0.39 is 29.1 Å². The molecule has 1 unspecified atom stereocenters. The fourth-order valence-corrected chi connectivity index (χ4v) is 4.44. The van der Waals surface area contributed by atoms with Gasteiger partial charge in [-0.25, -0.2) is 18.2 Å². The summed E-state index contributed by atoms with van der Waals surface area (Å²) in [5.41, 5.74) is 0.730. The fraction of sp³-hybridized carbons (Fsp3) is 0.292. The van der Waals surface area contributed by atoms with Crippen molar-refractivity contribution in [3.63, 3.8) is 0 Å². The van der Waals surface area contributed by atoms with E-state index >= 15 is 0 Å². The quantitative estimate of drug-likeness (QED) is 0.634. The monoisotopic (exact) mass is 455 g/mol. The number of hydrogen-bond acceptors (Lipinski definition) is 4. The molecule has 6 nitrogen and oxygen atoms in total. The summed E-state index contributed by atoms with van der Waals surface area (Å²) in [5, 5.41) is 10.4. The van der Waals surface area contributed by atoms with E-state index in [1.165, 1.54) is 17.0 Å². The summed E-state index contributed by atoms with van der Waals surface area (Å²) in [5.74, 6) is -2.37. The number of carbonyl (C=O) groups is 1. The third-order valence-electron chi connectivity index (χ3n) is 6.41. The van der Waals surface area contributed by atoms with Crippen LogP contribution in [0.25, 0.3) is 0 Å².